The van der Waals surface area contributed by atoms with E-state index in [2.05, 4.69) is 36.0 Å². The summed E-state index contributed by atoms with van der Waals surface area (Å²) < 4.78 is 3.01. The summed E-state index contributed by atoms with van der Waals surface area (Å²) in [5, 5.41) is 11.3. The molecule has 0 radical (unpaired) electrons. The van der Waals surface area contributed by atoms with Crippen LogP contribution >= 0.6 is 15.9 Å². The van der Waals surface area contributed by atoms with Gasteiger partial charge in [-0.2, -0.15) is 0 Å². The van der Waals surface area contributed by atoms with E-state index < -0.39 is 0 Å². The van der Waals surface area contributed by atoms with Crippen molar-refractivity contribution in [2.24, 2.45) is 5.92 Å². The highest BCUT2D eigenvalue weighted by Crippen LogP contribution is 2.21. The largest absolute Gasteiger partial charge is 0.319 e. The van der Waals surface area contributed by atoms with Crippen molar-refractivity contribution in [1.82, 2.24) is 20.1 Å². The van der Waals surface area contributed by atoms with Crippen LogP contribution in [0.15, 0.2) is 4.73 Å². The van der Waals surface area contributed by atoms with Crippen molar-refractivity contribution in [2.75, 3.05) is 13.6 Å². The Balaban J connectivity index is 2.11. The molecular weight excluding hydrogens is 232 g/mol. The first-order chi connectivity index (χ1) is 6.31. The summed E-state index contributed by atoms with van der Waals surface area (Å²) in [4.78, 5) is 0. The van der Waals surface area contributed by atoms with Gasteiger partial charge >= 0.3 is 0 Å². The lowest BCUT2D eigenvalue weighted by Crippen LogP contribution is -2.27. The minimum absolute atomic E-state index is 0.716. The Kier molecular flexibility index (Phi) is 2.64. The molecule has 0 saturated heterocycles. The van der Waals surface area contributed by atoms with Gasteiger partial charge in [0.25, 0.3) is 0 Å². The van der Waals surface area contributed by atoms with E-state index in [0.717, 1.165) is 30.1 Å². The molecule has 1 N–H and O–H groups in total. The van der Waals surface area contributed by atoms with Gasteiger partial charge in [0.2, 0.25) is 0 Å². The Morgan fingerprint density at radius 3 is 3.23 bits per heavy atom. The third-order valence-electron chi connectivity index (χ3n) is 2.51. The number of nitrogens with zero attached hydrogens (tertiary/aromatic N) is 3. The minimum atomic E-state index is 0.716. The predicted octanol–water partition coefficient (Wildman–Crippen LogP) is 0.822. The molecule has 0 aliphatic carbocycles. The second kappa shape index (κ2) is 3.75. The van der Waals surface area contributed by atoms with Crippen LogP contribution < -0.4 is 5.32 Å². The first-order valence-electron chi connectivity index (χ1n) is 4.53. The van der Waals surface area contributed by atoms with Gasteiger partial charge in [-0.15, -0.1) is 10.2 Å². The quantitative estimate of drug-likeness (QED) is 0.838. The average molecular weight is 245 g/mol. The maximum atomic E-state index is 4.13. The summed E-state index contributed by atoms with van der Waals surface area (Å²) >= 11 is 3.38. The fourth-order valence-corrected chi connectivity index (χ4v) is 2.28. The van der Waals surface area contributed by atoms with Crippen LogP contribution in [0.25, 0.3) is 0 Å². The molecule has 13 heavy (non-hydrogen) atoms. The molecule has 1 aliphatic rings. The lowest BCUT2D eigenvalue weighted by atomic mass is 9.98. The van der Waals surface area contributed by atoms with Crippen LogP contribution in [0.2, 0.25) is 0 Å². The topological polar surface area (TPSA) is 42.7 Å². The van der Waals surface area contributed by atoms with Crippen molar-refractivity contribution in [3.05, 3.63) is 10.6 Å². The molecule has 1 aromatic heterocycles. The van der Waals surface area contributed by atoms with Crippen LogP contribution in [0.1, 0.15) is 12.2 Å². The molecular formula is C8H13BrN4. The summed E-state index contributed by atoms with van der Waals surface area (Å²) in [6.07, 6.45) is 2.25. The van der Waals surface area contributed by atoms with E-state index in [4.69, 9.17) is 0 Å². The normalized spacial score (nSPS) is 21.5. The van der Waals surface area contributed by atoms with Gasteiger partial charge < -0.3 is 9.88 Å². The predicted molar refractivity (Wildman–Crippen MR) is 53.5 cm³/mol. The van der Waals surface area contributed by atoms with Crippen LogP contribution in [0.5, 0.6) is 0 Å². The molecule has 1 aliphatic heterocycles. The number of nitrogens with one attached hydrogen (secondary N) is 1. The summed E-state index contributed by atoms with van der Waals surface area (Å²) in [6.45, 7) is 2.11. The molecule has 1 aromatic rings. The average Bonchev–Trinajstić information content (AvgIpc) is 2.48. The van der Waals surface area contributed by atoms with Gasteiger partial charge in [-0.3, -0.25) is 0 Å². The van der Waals surface area contributed by atoms with E-state index >= 15 is 0 Å². The highest BCUT2D eigenvalue weighted by atomic mass is 79.9. The van der Waals surface area contributed by atoms with Crippen molar-refractivity contribution in [2.45, 2.75) is 19.4 Å². The Labute approximate surface area is 85.9 Å². The van der Waals surface area contributed by atoms with Crippen LogP contribution in [0, 0.1) is 5.92 Å². The Bertz CT molecular complexity index is 296. The van der Waals surface area contributed by atoms with E-state index in [9.17, 15) is 0 Å². The number of aromatic nitrogens is 3. The molecule has 0 fully saturated rings. The Morgan fingerprint density at radius 1 is 1.62 bits per heavy atom. The smallest absolute Gasteiger partial charge is 0.200 e. The van der Waals surface area contributed by atoms with Gasteiger partial charge in [0.05, 0.1) is 0 Å². The highest BCUT2D eigenvalue weighted by Gasteiger charge is 2.21. The van der Waals surface area contributed by atoms with Crippen molar-refractivity contribution in [1.29, 1.82) is 0 Å². The number of rotatable bonds is 2. The Hall–Kier alpha value is -0.420. The fourth-order valence-electron chi connectivity index (χ4n) is 1.82. The van der Waals surface area contributed by atoms with E-state index in [1.54, 1.807) is 0 Å². The van der Waals surface area contributed by atoms with Crippen LogP contribution in [-0.2, 0) is 13.0 Å². The maximum absolute atomic E-state index is 4.13. The zero-order chi connectivity index (χ0) is 9.26. The zero-order valence-corrected chi connectivity index (χ0v) is 9.21. The number of hydrogen-bond donors (Lipinski definition) is 1. The second-order valence-electron chi connectivity index (χ2n) is 3.45. The van der Waals surface area contributed by atoms with Crippen molar-refractivity contribution < 1.29 is 0 Å². The molecule has 5 heteroatoms. The molecule has 0 bridgehead atoms. The van der Waals surface area contributed by atoms with Gasteiger partial charge in [-0.25, -0.2) is 0 Å². The number of fused-ring (bicyclic) bond motifs is 1. The van der Waals surface area contributed by atoms with Crippen molar-refractivity contribution in [3.63, 3.8) is 0 Å². The second-order valence-corrected chi connectivity index (χ2v) is 4.16. The lowest BCUT2D eigenvalue weighted by molar-refractivity contribution is 0.369. The zero-order valence-electron chi connectivity index (χ0n) is 7.63. The maximum Gasteiger partial charge on any atom is 0.200 e. The van der Waals surface area contributed by atoms with Crippen molar-refractivity contribution >= 4 is 15.9 Å². The molecule has 1 unspecified atom stereocenters. The van der Waals surface area contributed by atoms with Gasteiger partial charge in [0.15, 0.2) is 4.73 Å². The first-order valence-corrected chi connectivity index (χ1v) is 5.32. The minimum Gasteiger partial charge on any atom is -0.319 e. The van der Waals surface area contributed by atoms with Gasteiger partial charge in [0.1, 0.15) is 5.82 Å². The summed E-state index contributed by atoms with van der Waals surface area (Å²) in [5.74, 6) is 1.83. The molecule has 4 nitrogen and oxygen atoms in total. The fraction of sp³-hybridized carbons (Fsp3) is 0.750. The molecule has 0 spiro atoms. The van der Waals surface area contributed by atoms with Gasteiger partial charge in [0, 0.05) is 13.0 Å². The Morgan fingerprint density at radius 2 is 2.46 bits per heavy atom. The van der Waals surface area contributed by atoms with Crippen LogP contribution in [0.3, 0.4) is 0 Å². The summed E-state index contributed by atoms with van der Waals surface area (Å²) in [7, 11) is 2.00. The number of hydrogen-bond acceptors (Lipinski definition) is 3. The van der Waals surface area contributed by atoms with Crippen molar-refractivity contribution in [3.8, 4) is 0 Å². The summed E-state index contributed by atoms with van der Waals surface area (Å²) in [5.41, 5.74) is 0. The lowest BCUT2D eigenvalue weighted by Gasteiger charge is -2.22. The van der Waals surface area contributed by atoms with E-state index in [1.165, 1.54) is 6.42 Å². The van der Waals surface area contributed by atoms with E-state index in [0.29, 0.717) is 5.92 Å². The molecule has 0 amide bonds. The molecule has 2 rings (SSSR count). The van der Waals surface area contributed by atoms with Gasteiger partial charge in [-0.05, 0) is 41.9 Å². The number of halogens is 1. The van der Waals surface area contributed by atoms with Crippen LogP contribution in [-0.4, -0.2) is 28.4 Å². The monoisotopic (exact) mass is 244 g/mol. The molecule has 0 saturated carbocycles. The third-order valence-corrected chi connectivity index (χ3v) is 3.09. The van der Waals surface area contributed by atoms with Crippen LogP contribution in [0.4, 0.5) is 0 Å². The SMILES string of the molecule is CNCC1CCn2c(Br)nnc2C1. The third kappa shape index (κ3) is 1.76. The highest BCUT2D eigenvalue weighted by molar-refractivity contribution is 9.10. The molecule has 72 valence electrons. The molecule has 1 atom stereocenters. The first kappa shape index (κ1) is 9.15. The summed E-state index contributed by atoms with van der Waals surface area (Å²) in [6, 6.07) is 0. The van der Waals surface area contributed by atoms with E-state index in [1.807, 2.05) is 7.05 Å². The standard InChI is InChI=1S/C8H13BrN4/c1-10-5-6-2-3-13-7(4-6)11-12-8(13)9/h6,10H,2-5H2,1H3. The van der Waals surface area contributed by atoms with Gasteiger partial charge in [-0.1, -0.05) is 0 Å². The van der Waals surface area contributed by atoms with E-state index in [-0.39, 0.29) is 0 Å². The molecule has 2 heterocycles. The molecule has 0 aromatic carbocycles.